The molecule has 0 saturated carbocycles. The van der Waals surface area contributed by atoms with Gasteiger partial charge in [0.2, 0.25) is 0 Å². The third-order valence-corrected chi connectivity index (χ3v) is 3.96. The van der Waals surface area contributed by atoms with Crippen LogP contribution < -0.4 is 5.32 Å². The molecule has 0 aliphatic rings. The molecule has 6 nitrogen and oxygen atoms in total. The molecule has 0 unspecified atom stereocenters. The van der Waals surface area contributed by atoms with Crippen molar-refractivity contribution in [3.63, 3.8) is 0 Å². The van der Waals surface area contributed by atoms with Gasteiger partial charge in [0.15, 0.2) is 0 Å². The van der Waals surface area contributed by atoms with Crippen molar-refractivity contribution in [3.05, 3.63) is 0 Å². The van der Waals surface area contributed by atoms with Crippen LogP contribution in [0.2, 0.25) is 0 Å². The summed E-state index contributed by atoms with van der Waals surface area (Å²) < 4.78 is 0. The molecule has 0 fully saturated rings. The van der Waals surface area contributed by atoms with Crippen molar-refractivity contribution in [1.29, 1.82) is 0 Å². The van der Waals surface area contributed by atoms with Gasteiger partial charge in [-0.1, -0.05) is 13.3 Å². The molecular formula is C14H28N2O4. The number of nitrogens with zero attached hydrogens (tertiary/aromatic N) is 1. The molecule has 0 saturated heterocycles. The number of rotatable bonds is 8. The highest BCUT2D eigenvalue weighted by molar-refractivity contribution is 5.79. The number of aliphatic hydroxyl groups is 1. The molecule has 2 amide bonds. The fraction of sp³-hybridized carbons (Fsp3) is 0.857. The molecule has 0 aromatic carbocycles. The lowest BCUT2D eigenvalue weighted by Gasteiger charge is -2.40. The van der Waals surface area contributed by atoms with Crippen molar-refractivity contribution in [2.45, 2.75) is 53.0 Å². The fourth-order valence-corrected chi connectivity index (χ4v) is 1.55. The van der Waals surface area contributed by atoms with Crippen molar-refractivity contribution in [2.24, 2.45) is 5.41 Å². The highest BCUT2D eigenvalue weighted by Gasteiger charge is 2.44. The quantitative estimate of drug-likeness (QED) is 0.634. The molecule has 0 atom stereocenters. The zero-order valence-corrected chi connectivity index (χ0v) is 13.2. The van der Waals surface area contributed by atoms with Gasteiger partial charge in [0.1, 0.15) is 0 Å². The van der Waals surface area contributed by atoms with Gasteiger partial charge in [0, 0.05) is 13.1 Å². The Bertz CT molecular complexity index is 340. The van der Waals surface area contributed by atoms with Crippen molar-refractivity contribution in [1.82, 2.24) is 10.2 Å². The molecule has 0 bridgehead atoms. The fourth-order valence-electron chi connectivity index (χ4n) is 1.55. The predicted octanol–water partition coefficient (Wildman–Crippen LogP) is 1.68. The van der Waals surface area contributed by atoms with Crippen LogP contribution in [-0.4, -0.2) is 52.3 Å². The number of nitrogens with one attached hydrogen (secondary N) is 1. The smallest absolute Gasteiger partial charge is 0.317 e. The second-order valence-electron chi connectivity index (χ2n) is 6.05. The van der Waals surface area contributed by atoms with E-state index in [1.165, 1.54) is 4.90 Å². The van der Waals surface area contributed by atoms with E-state index in [0.717, 1.165) is 12.8 Å². The first-order valence-electron chi connectivity index (χ1n) is 7.01. The van der Waals surface area contributed by atoms with E-state index in [9.17, 15) is 14.7 Å². The van der Waals surface area contributed by atoms with Gasteiger partial charge in [0.25, 0.3) is 0 Å². The predicted molar refractivity (Wildman–Crippen MR) is 77.6 cm³/mol. The topological polar surface area (TPSA) is 89.9 Å². The summed E-state index contributed by atoms with van der Waals surface area (Å²) >= 11 is 0. The number of urea groups is 1. The number of carboxylic acids is 1. The van der Waals surface area contributed by atoms with E-state index in [1.54, 1.807) is 27.7 Å². The Balaban J connectivity index is 4.88. The summed E-state index contributed by atoms with van der Waals surface area (Å²) in [6, 6.07) is -0.341. The molecule has 0 spiro atoms. The monoisotopic (exact) mass is 288 g/mol. The van der Waals surface area contributed by atoms with Crippen LogP contribution in [0.4, 0.5) is 4.79 Å². The number of aliphatic hydroxyl groups excluding tert-OH is 1. The number of hydrogen-bond donors (Lipinski definition) is 3. The number of aliphatic carboxylic acids is 1. The molecule has 118 valence electrons. The summed E-state index contributed by atoms with van der Waals surface area (Å²) in [5.74, 6) is -0.968. The van der Waals surface area contributed by atoms with Gasteiger partial charge in [-0.25, -0.2) is 4.79 Å². The van der Waals surface area contributed by atoms with E-state index in [0.29, 0.717) is 6.54 Å². The Labute approximate surface area is 121 Å². The molecule has 0 rings (SSSR count). The molecule has 0 radical (unpaired) electrons. The van der Waals surface area contributed by atoms with Gasteiger partial charge in [-0.2, -0.15) is 0 Å². The number of amides is 2. The third-order valence-electron chi connectivity index (χ3n) is 3.96. The molecule has 6 heteroatoms. The second-order valence-corrected chi connectivity index (χ2v) is 6.05. The van der Waals surface area contributed by atoms with Gasteiger partial charge >= 0.3 is 12.0 Å². The largest absolute Gasteiger partial charge is 0.481 e. The second kappa shape index (κ2) is 7.47. The van der Waals surface area contributed by atoms with Crippen LogP contribution in [0.25, 0.3) is 0 Å². The lowest BCUT2D eigenvalue weighted by Crippen LogP contribution is -2.59. The molecule has 20 heavy (non-hydrogen) atoms. The van der Waals surface area contributed by atoms with Crippen LogP contribution in [0.3, 0.4) is 0 Å². The number of hydrogen-bond acceptors (Lipinski definition) is 3. The van der Waals surface area contributed by atoms with Crippen molar-refractivity contribution in [3.8, 4) is 0 Å². The SMILES string of the molecule is CCCCN(CCO)C(=O)NC(C)(C)C(C)(C)C(=O)O. The molecular weight excluding hydrogens is 260 g/mol. The molecule has 0 aliphatic carbocycles. The number of carboxylic acid groups (broad SMARTS) is 1. The normalized spacial score (nSPS) is 12.1. The van der Waals surface area contributed by atoms with E-state index in [1.807, 2.05) is 6.92 Å². The Morgan fingerprint density at radius 1 is 1.15 bits per heavy atom. The average Bonchev–Trinajstić information content (AvgIpc) is 2.33. The summed E-state index contributed by atoms with van der Waals surface area (Å²) in [5.41, 5.74) is -2.01. The van der Waals surface area contributed by atoms with Crippen LogP contribution in [-0.2, 0) is 4.79 Å². The zero-order valence-electron chi connectivity index (χ0n) is 13.2. The first kappa shape index (κ1) is 18.7. The van der Waals surface area contributed by atoms with E-state index < -0.39 is 16.9 Å². The molecule has 0 aromatic heterocycles. The molecule has 0 aromatic rings. The van der Waals surface area contributed by atoms with E-state index in [2.05, 4.69) is 5.32 Å². The highest BCUT2D eigenvalue weighted by atomic mass is 16.4. The summed E-state index contributed by atoms with van der Waals surface area (Å²) in [6.45, 7) is 9.25. The Morgan fingerprint density at radius 2 is 1.70 bits per heavy atom. The third kappa shape index (κ3) is 4.67. The Morgan fingerprint density at radius 3 is 2.10 bits per heavy atom. The molecule has 0 heterocycles. The molecule has 0 aliphatic heterocycles. The van der Waals surface area contributed by atoms with E-state index >= 15 is 0 Å². The van der Waals surface area contributed by atoms with Gasteiger partial charge < -0.3 is 20.4 Å². The van der Waals surface area contributed by atoms with Gasteiger partial charge in [-0.15, -0.1) is 0 Å². The maximum absolute atomic E-state index is 12.2. The summed E-state index contributed by atoms with van der Waals surface area (Å²) in [7, 11) is 0. The first-order chi connectivity index (χ1) is 9.10. The van der Waals surface area contributed by atoms with E-state index in [4.69, 9.17) is 5.11 Å². The van der Waals surface area contributed by atoms with Crippen LogP contribution in [0, 0.1) is 5.41 Å². The maximum atomic E-state index is 12.2. The van der Waals surface area contributed by atoms with Crippen LogP contribution >= 0.6 is 0 Å². The Kier molecular flexibility index (Phi) is 6.99. The number of unbranched alkanes of at least 4 members (excludes halogenated alkanes) is 1. The first-order valence-corrected chi connectivity index (χ1v) is 7.01. The highest BCUT2D eigenvalue weighted by Crippen LogP contribution is 2.30. The van der Waals surface area contributed by atoms with Crippen LogP contribution in [0.1, 0.15) is 47.5 Å². The average molecular weight is 288 g/mol. The van der Waals surface area contributed by atoms with E-state index in [-0.39, 0.29) is 19.2 Å². The maximum Gasteiger partial charge on any atom is 0.317 e. The van der Waals surface area contributed by atoms with Crippen molar-refractivity contribution < 1.29 is 19.8 Å². The van der Waals surface area contributed by atoms with Crippen molar-refractivity contribution >= 4 is 12.0 Å². The molecule has 3 N–H and O–H groups in total. The standard InChI is InChI=1S/C14H28N2O4/c1-6-7-8-16(9-10-17)12(20)15-14(4,5)13(2,3)11(18)19/h17H,6-10H2,1-5H3,(H,15,20)(H,18,19). The lowest BCUT2D eigenvalue weighted by molar-refractivity contribution is -0.150. The lowest BCUT2D eigenvalue weighted by atomic mass is 9.74. The zero-order chi connectivity index (χ0) is 16.0. The van der Waals surface area contributed by atoms with Gasteiger partial charge in [-0.3, -0.25) is 4.79 Å². The summed E-state index contributed by atoms with van der Waals surface area (Å²) in [4.78, 5) is 25.1. The number of carbonyl (C=O) groups is 2. The van der Waals surface area contributed by atoms with Gasteiger partial charge in [-0.05, 0) is 34.1 Å². The summed E-state index contributed by atoms with van der Waals surface area (Å²) in [6.07, 6.45) is 1.79. The van der Waals surface area contributed by atoms with Crippen LogP contribution in [0.5, 0.6) is 0 Å². The minimum absolute atomic E-state index is 0.111. The summed E-state index contributed by atoms with van der Waals surface area (Å²) in [5, 5.41) is 21.1. The number of carbonyl (C=O) groups excluding carboxylic acids is 1. The van der Waals surface area contributed by atoms with Gasteiger partial charge in [0.05, 0.1) is 17.6 Å². The van der Waals surface area contributed by atoms with Crippen LogP contribution in [0.15, 0.2) is 0 Å². The minimum Gasteiger partial charge on any atom is -0.481 e. The minimum atomic E-state index is -1.10. The van der Waals surface area contributed by atoms with Crippen molar-refractivity contribution in [2.75, 3.05) is 19.7 Å². The Hall–Kier alpha value is -1.30.